The van der Waals surface area contributed by atoms with E-state index >= 15 is 0 Å². The Morgan fingerprint density at radius 1 is 1.11 bits per heavy atom. The molecule has 0 saturated carbocycles. The van der Waals surface area contributed by atoms with Gasteiger partial charge in [-0.3, -0.25) is 0 Å². The van der Waals surface area contributed by atoms with E-state index in [0.717, 1.165) is 0 Å². The maximum Gasteiger partial charge on any atom is 0.404 e. The fourth-order valence-corrected chi connectivity index (χ4v) is 0.930. The first-order valence-electron chi connectivity index (χ1n) is 10.2. The highest BCUT2D eigenvalue weighted by atomic mass is 35.5. The van der Waals surface area contributed by atoms with Crippen LogP contribution >= 0.6 is 11.6 Å². The van der Waals surface area contributed by atoms with Crippen molar-refractivity contribution in [2.75, 3.05) is 0 Å². The topological polar surface area (TPSA) is 51.0 Å². The van der Waals surface area contributed by atoms with Crippen LogP contribution in [0.25, 0.3) is 0 Å². The summed E-state index contributed by atoms with van der Waals surface area (Å²) in [7, 11) is 0. The Labute approximate surface area is 131 Å². The van der Waals surface area contributed by atoms with Gasteiger partial charge in [-0.15, -0.1) is 0 Å². The van der Waals surface area contributed by atoms with E-state index in [2.05, 4.69) is 15.0 Å². The largest absolute Gasteiger partial charge is 0.449 e. The molecule has 0 fully saturated rings. The predicted molar refractivity (Wildman–Crippen MR) is 73.1 cm³/mol. The molecule has 5 heteroatoms. The molecule has 96 valence electrons. The highest BCUT2D eigenvalue weighted by Gasteiger charge is 1.98. The number of carbonyl (C=O) groups is 1. The van der Waals surface area contributed by atoms with E-state index in [9.17, 15) is 4.79 Å². The number of azo groups is 1. The molecule has 0 saturated heterocycles. The van der Waals surface area contributed by atoms with E-state index in [0.29, 0.717) is 0 Å². The van der Waals surface area contributed by atoms with Crippen molar-refractivity contribution >= 4 is 28.4 Å². The van der Waals surface area contributed by atoms with Crippen LogP contribution in [0.3, 0.4) is 0 Å². The van der Waals surface area contributed by atoms with Crippen molar-refractivity contribution in [1.29, 1.82) is 0 Å². The molecule has 0 N–H and O–H groups in total. The lowest BCUT2D eigenvalue weighted by molar-refractivity contribution is 0.167. The lowest BCUT2D eigenvalue weighted by Gasteiger charge is -2.00. The van der Waals surface area contributed by atoms with Gasteiger partial charge in [0.25, 0.3) is 0 Å². The molecule has 0 heterocycles. The van der Waals surface area contributed by atoms with Crippen molar-refractivity contribution in [3.63, 3.8) is 0 Å². The van der Waals surface area contributed by atoms with Crippen molar-refractivity contribution in [2.24, 2.45) is 10.2 Å². The normalized spacial score (nSPS) is 19.5. The number of nitrogens with zero attached hydrogens (tertiary/aromatic N) is 2. The molecular formula is C14H11ClN2O2. The standard InChI is InChI=1S/C14H11ClN2O2/c15-14(18)19-10-11-6-8-13(9-7-11)17-16-12-4-2-1-3-5-12/h1-9H,10H2/i1D,2D,3D,4D,5D,6D,7D,8D,9D,10D2. The first-order valence-corrected chi connectivity index (χ1v) is 5.08. The molecule has 0 aromatic heterocycles. The summed E-state index contributed by atoms with van der Waals surface area (Å²) in [4.78, 5) is 10.9. The van der Waals surface area contributed by atoms with Gasteiger partial charge in [0.1, 0.15) is 6.56 Å². The molecule has 0 aliphatic rings. The molecule has 0 aliphatic heterocycles. The first kappa shape index (κ1) is 5.06. The Morgan fingerprint density at radius 2 is 1.68 bits per heavy atom. The summed E-state index contributed by atoms with van der Waals surface area (Å²) in [6.45, 7) is -3.08. The summed E-state index contributed by atoms with van der Waals surface area (Å²) in [5.74, 6) is 0. The van der Waals surface area contributed by atoms with Gasteiger partial charge < -0.3 is 4.74 Å². The molecule has 2 rings (SSSR count). The average molecular weight is 286 g/mol. The zero-order valence-corrected chi connectivity index (χ0v) is 9.84. The highest BCUT2D eigenvalue weighted by Crippen LogP contribution is 2.18. The first-order chi connectivity index (χ1) is 13.7. The second-order valence-corrected chi connectivity index (χ2v) is 3.15. The summed E-state index contributed by atoms with van der Waals surface area (Å²) in [5, 5.41) is 7.00. The maximum absolute atomic E-state index is 10.9. The van der Waals surface area contributed by atoms with Crippen LogP contribution in [0.2, 0.25) is 0 Å². The minimum Gasteiger partial charge on any atom is -0.449 e. The molecule has 2 aromatic carbocycles. The average Bonchev–Trinajstić information content (AvgIpc) is 2.64. The zero-order valence-electron chi connectivity index (χ0n) is 20.1. The summed E-state index contributed by atoms with van der Waals surface area (Å²) < 4.78 is 89.5. The Balaban J connectivity index is 2.69. The Bertz CT molecular complexity index is 1030. The van der Waals surface area contributed by atoms with Gasteiger partial charge in [-0.2, -0.15) is 10.2 Å². The van der Waals surface area contributed by atoms with E-state index in [-0.39, 0.29) is 0 Å². The van der Waals surface area contributed by atoms with E-state index < -0.39 is 83.3 Å². The molecule has 0 atom stereocenters. The third kappa shape index (κ3) is 4.52. The molecule has 19 heavy (non-hydrogen) atoms. The van der Waals surface area contributed by atoms with Crippen molar-refractivity contribution in [1.82, 2.24) is 0 Å². The van der Waals surface area contributed by atoms with Crippen LogP contribution in [0.1, 0.15) is 20.6 Å². The SMILES string of the molecule is [2H]c1c([2H])c([2H])c(N=Nc2c([2H])c([2H])c(C([2H])([2H])OC(=O)Cl)c([2H])c2[2H])c([2H])c1[2H]. The van der Waals surface area contributed by atoms with E-state index in [4.69, 9.17) is 26.7 Å². The van der Waals surface area contributed by atoms with Crippen LogP contribution in [0, 0.1) is 0 Å². The Hall–Kier alpha value is -2.20. The van der Waals surface area contributed by atoms with Crippen LogP contribution in [0.4, 0.5) is 16.2 Å². The fraction of sp³-hybridized carbons (Fsp3) is 0.0714. The predicted octanol–water partition coefficient (Wildman–Crippen LogP) is 4.98. The minimum atomic E-state index is -3.08. The van der Waals surface area contributed by atoms with Gasteiger partial charge in [0.2, 0.25) is 0 Å². The smallest absolute Gasteiger partial charge is 0.404 e. The number of benzene rings is 2. The van der Waals surface area contributed by atoms with Crippen LogP contribution in [0.15, 0.2) is 64.6 Å². The second-order valence-electron chi connectivity index (χ2n) is 2.84. The van der Waals surface area contributed by atoms with Crippen LogP contribution < -0.4 is 0 Å². The van der Waals surface area contributed by atoms with Gasteiger partial charge in [-0.05, 0) is 29.7 Å². The number of ether oxygens (including phenoxy) is 1. The molecule has 0 unspecified atom stereocenters. The third-order valence-corrected chi connectivity index (χ3v) is 1.66. The van der Waals surface area contributed by atoms with E-state index in [1.807, 2.05) is 0 Å². The lowest BCUT2D eigenvalue weighted by atomic mass is 10.2. The van der Waals surface area contributed by atoms with Crippen molar-refractivity contribution in [3.05, 3.63) is 59.9 Å². The lowest BCUT2D eigenvalue weighted by Crippen LogP contribution is -1.93. The van der Waals surface area contributed by atoms with Gasteiger partial charge in [-0.1, -0.05) is 30.2 Å². The summed E-state index contributed by atoms with van der Waals surface area (Å²) >= 11 is 4.98. The van der Waals surface area contributed by atoms with E-state index in [1.54, 1.807) is 0 Å². The second kappa shape index (κ2) is 6.66. The van der Waals surface area contributed by atoms with Gasteiger partial charge in [0, 0.05) is 11.6 Å². The van der Waals surface area contributed by atoms with Crippen LogP contribution in [-0.2, 0) is 11.3 Å². The van der Waals surface area contributed by atoms with Crippen molar-refractivity contribution in [3.8, 4) is 0 Å². The van der Waals surface area contributed by atoms with Crippen LogP contribution in [0.5, 0.6) is 0 Å². The van der Waals surface area contributed by atoms with Gasteiger partial charge >= 0.3 is 5.43 Å². The van der Waals surface area contributed by atoms with Crippen molar-refractivity contribution < 1.29 is 24.6 Å². The number of hydrogen-bond donors (Lipinski definition) is 0. The molecule has 0 spiro atoms. The molecule has 0 radical (unpaired) electrons. The number of rotatable bonds is 4. The van der Waals surface area contributed by atoms with Gasteiger partial charge in [-0.25, -0.2) is 4.79 Å². The highest BCUT2D eigenvalue weighted by molar-refractivity contribution is 6.61. The molecule has 2 aromatic rings. The summed E-state index contributed by atoms with van der Waals surface area (Å²) in [6, 6.07) is -7.01. The fourth-order valence-electron chi connectivity index (χ4n) is 0.891. The van der Waals surface area contributed by atoms with E-state index in [1.165, 1.54) is 0 Å². The molecule has 0 bridgehead atoms. The zero-order chi connectivity index (χ0) is 23.1. The maximum atomic E-state index is 10.9. The van der Waals surface area contributed by atoms with Gasteiger partial charge in [0.15, 0.2) is 0 Å². The third-order valence-electron chi connectivity index (χ3n) is 1.58. The quantitative estimate of drug-likeness (QED) is 0.588. The molecule has 0 amide bonds. The Morgan fingerprint density at radius 3 is 2.26 bits per heavy atom. The van der Waals surface area contributed by atoms with Crippen LogP contribution in [-0.4, -0.2) is 5.43 Å². The molecular weight excluding hydrogens is 264 g/mol. The number of carbonyl (C=O) groups excluding carboxylic acids is 1. The Kier molecular flexibility index (Phi) is 1.77. The monoisotopic (exact) mass is 285 g/mol. The summed E-state index contributed by atoms with van der Waals surface area (Å²) in [6.07, 6.45) is 0. The minimum absolute atomic E-state index is 0.590. The number of halogens is 1. The van der Waals surface area contributed by atoms with Gasteiger partial charge in [0.05, 0.1) is 26.5 Å². The number of hydrogen-bond acceptors (Lipinski definition) is 4. The van der Waals surface area contributed by atoms with Crippen molar-refractivity contribution in [2.45, 2.75) is 6.56 Å². The molecule has 0 aliphatic carbocycles. The molecule has 4 nitrogen and oxygen atoms in total. The summed E-state index contributed by atoms with van der Waals surface area (Å²) in [5.41, 5.74) is -3.75.